The zero-order chi connectivity index (χ0) is 17.7. The third-order valence-electron chi connectivity index (χ3n) is 3.74. The van der Waals surface area contributed by atoms with Gasteiger partial charge in [0.15, 0.2) is 6.10 Å². The fraction of sp³-hybridized carbons (Fsp3) is 0.200. The standard InChI is InChI=1S/C20H19BrO3/c1-13-4-8-17(12-14(13)2)20(23)15(3)24-19(22)11-7-16-5-9-18(21)10-6-16/h4-12,15H,1-3H3/b11-7+/t15-/m0/s1. The molecule has 2 aromatic carbocycles. The van der Waals surface area contributed by atoms with E-state index in [-0.39, 0.29) is 5.78 Å². The monoisotopic (exact) mass is 386 g/mol. The van der Waals surface area contributed by atoms with E-state index < -0.39 is 12.1 Å². The maximum Gasteiger partial charge on any atom is 0.331 e. The van der Waals surface area contributed by atoms with Crippen LogP contribution >= 0.6 is 15.9 Å². The lowest BCUT2D eigenvalue weighted by molar-refractivity contribution is -0.140. The molecule has 0 aliphatic rings. The topological polar surface area (TPSA) is 43.4 Å². The van der Waals surface area contributed by atoms with Gasteiger partial charge in [-0.1, -0.05) is 40.2 Å². The highest BCUT2D eigenvalue weighted by molar-refractivity contribution is 9.10. The number of rotatable bonds is 5. The van der Waals surface area contributed by atoms with Crippen LogP contribution in [-0.2, 0) is 9.53 Å². The van der Waals surface area contributed by atoms with Crippen LogP contribution in [0, 0.1) is 13.8 Å². The average Bonchev–Trinajstić information content (AvgIpc) is 2.56. The van der Waals surface area contributed by atoms with Crippen LogP contribution in [0.25, 0.3) is 6.08 Å². The number of Topliss-reactive ketones (excluding diaryl/α,β-unsaturated/α-hetero) is 1. The number of ether oxygens (including phenoxy) is 1. The highest BCUT2D eigenvalue weighted by Crippen LogP contribution is 2.14. The van der Waals surface area contributed by atoms with E-state index in [1.807, 2.05) is 50.2 Å². The van der Waals surface area contributed by atoms with E-state index >= 15 is 0 Å². The van der Waals surface area contributed by atoms with E-state index in [9.17, 15) is 9.59 Å². The molecule has 0 aliphatic heterocycles. The van der Waals surface area contributed by atoms with Crippen molar-refractivity contribution in [2.75, 3.05) is 0 Å². The summed E-state index contributed by atoms with van der Waals surface area (Å²) in [7, 11) is 0. The molecule has 0 N–H and O–H groups in total. The Hall–Kier alpha value is -2.20. The number of benzene rings is 2. The minimum Gasteiger partial charge on any atom is -0.451 e. The smallest absolute Gasteiger partial charge is 0.331 e. The molecule has 4 heteroatoms. The zero-order valence-corrected chi connectivity index (χ0v) is 15.5. The lowest BCUT2D eigenvalue weighted by Gasteiger charge is -2.12. The average molecular weight is 387 g/mol. The number of halogens is 1. The fourth-order valence-electron chi connectivity index (χ4n) is 2.13. The first-order valence-electron chi connectivity index (χ1n) is 7.62. The van der Waals surface area contributed by atoms with E-state index in [1.54, 1.807) is 19.1 Å². The van der Waals surface area contributed by atoms with Crippen molar-refractivity contribution in [3.05, 3.63) is 75.3 Å². The second-order valence-corrected chi connectivity index (χ2v) is 6.54. The molecule has 0 fully saturated rings. The van der Waals surface area contributed by atoms with Crippen molar-refractivity contribution in [2.24, 2.45) is 0 Å². The Kier molecular flexibility index (Phi) is 6.10. The van der Waals surface area contributed by atoms with Crippen LogP contribution in [0.1, 0.15) is 34.0 Å². The third kappa shape index (κ3) is 4.90. The van der Waals surface area contributed by atoms with E-state index in [0.717, 1.165) is 21.2 Å². The molecule has 2 rings (SSSR count). The molecule has 0 aromatic heterocycles. The Morgan fingerprint density at radius 3 is 2.33 bits per heavy atom. The maximum absolute atomic E-state index is 12.3. The third-order valence-corrected chi connectivity index (χ3v) is 4.26. The summed E-state index contributed by atoms with van der Waals surface area (Å²) in [5, 5.41) is 0. The molecule has 0 aliphatic carbocycles. The van der Waals surface area contributed by atoms with Crippen molar-refractivity contribution in [2.45, 2.75) is 26.9 Å². The van der Waals surface area contributed by atoms with E-state index in [2.05, 4.69) is 15.9 Å². The predicted octanol–water partition coefficient (Wildman–Crippen LogP) is 4.89. The molecule has 0 saturated heterocycles. The summed E-state index contributed by atoms with van der Waals surface area (Å²) in [6.45, 7) is 5.52. The first-order chi connectivity index (χ1) is 11.4. The highest BCUT2D eigenvalue weighted by atomic mass is 79.9. The zero-order valence-electron chi connectivity index (χ0n) is 13.9. The summed E-state index contributed by atoms with van der Waals surface area (Å²) in [5.41, 5.74) is 3.58. The van der Waals surface area contributed by atoms with Gasteiger partial charge in [-0.05, 0) is 61.7 Å². The van der Waals surface area contributed by atoms with Gasteiger partial charge < -0.3 is 4.74 Å². The van der Waals surface area contributed by atoms with Gasteiger partial charge in [-0.15, -0.1) is 0 Å². The number of ketones is 1. The van der Waals surface area contributed by atoms with E-state index in [4.69, 9.17) is 4.74 Å². The molecule has 0 spiro atoms. The van der Waals surface area contributed by atoms with Crippen molar-refractivity contribution in [1.82, 2.24) is 0 Å². The van der Waals surface area contributed by atoms with Crippen molar-refractivity contribution in [1.29, 1.82) is 0 Å². The number of aryl methyl sites for hydroxylation is 2. The first kappa shape index (κ1) is 18.1. The summed E-state index contributed by atoms with van der Waals surface area (Å²) < 4.78 is 6.17. The lowest BCUT2D eigenvalue weighted by atomic mass is 10.0. The molecule has 0 bridgehead atoms. The molecule has 3 nitrogen and oxygen atoms in total. The van der Waals surface area contributed by atoms with Gasteiger partial charge in [-0.25, -0.2) is 4.79 Å². The van der Waals surface area contributed by atoms with Gasteiger partial charge in [0, 0.05) is 16.1 Å². The lowest BCUT2D eigenvalue weighted by Crippen LogP contribution is -2.23. The quantitative estimate of drug-likeness (QED) is 0.417. The summed E-state index contributed by atoms with van der Waals surface area (Å²) >= 11 is 3.35. The molecule has 0 amide bonds. The van der Waals surface area contributed by atoms with Crippen molar-refractivity contribution >= 4 is 33.8 Å². The Morgan fingerprint density at radius 1 is 1.04 bits per heavy atom. The van der Waals surface area contributed by atoms with Crippen molar-refractivity contribution < 1.29 is 14.3 Å². The van der Waals surface area contributed by atoms with Crippen LogP contribution in [-0.4, -0.2) is 17.9 Å². The largest absolute Gasteiger partial charge is 0.451 e. The molecule has 0 saturated carbocycles. The molecule has 24 heavy (non-hydrogen) atoms. The Labute approximate surface area is 150 Å². The number of carbonyl (C=O) groups excluding carboxylic acids is 2. The van der Waals surface area contributed by atoms with Crippen molar-refractivity contribution in [3.63, 3.8) is 0 Å². The Morgan fingerprint density at radius 2 is 1.71 bits per heavy atom. The molecule has 0 radical (unpaired) electrons. The maximum atomic E-state index is 12.3. The van der Waals surface area contributed by atoms with Crippen LogP contribution in [0.4, 0.5) is 0 Å². The van der Waals surface area contributed by atoms with Gasteiger partial charge in [0.25, 0.3) is 0 Å². The van der Waals surface area contributed by atoms with Crippen LogP contribution < -0.4 is 0 Å². The molecule has 0 heterocycles. The summed E-state index contributed by atoms with van der Waals surface area (Å²) in [6, 6.07) is 13.0. The molecular formula is C20H19BrO3. The minimum atomic E-state index is -0.825. The van der Waals surface area contributed by atoms with E-state index in [0.29, 0.717) is 5.56 Å². The molecular weight excluding hydrogens is 368 g/mol. The molecule has 0 unspecified atom stereocenters. The fourth-order valence-corrected chi connectivity index (χ4v) is 2.40. The van der Waals surface area contributed by atoms with Crippen LogP contribution in [0.5, 0.6) is 0 Å². The van der Waals surface area contributed by atoms with Crippen molar-refractivity contribution in [3.8, 4) is 0 Å². The van der Waals surface area contributed by atoms with Gasteiger partial charge in [-0.2, -0.15) is 0 Å². The normalized spacial score (nSPS) is 12.2. The van der Waals surface area contributed by atoms with Gasteiger partial charge >= 0.3 is 5.97 Å². The van der Waals surface area contributed by atoms with Crippen LogP contribution in [0.3, 0.4) is 0 Å². The van der Waals surface area contributed by atoms with Gasteiger partial charge in [0.05, 0.1) is 0 Å². The molecule has 124 valence electrons. The van der Waals surface area contributed by atoms with Gasteiger partial charge in [0.2, 0.25) is 5.78 Å². The predicted molar refractivity (Wildman–Crippen MR) is 99.0 cm³/mol. The number of carbonyl (C=O) groups is 2. The van der Waals surface area contributed by atoms with Crippen LogP contribution in [0.15, 0.2) is 53.0 Å². The second-order valence-electron chi connectivity index (χ2n) is 5.63. The number of hydrogen-bond donors (Lipinski definition) is 0. The first-order valence-corrected chi connectivity index (χ1v) is 8.42. The summed E-state index contributed by atoms with van der Waals surface area (Å²) in [5.74, 6) is -0.744. The highest BCUT2D eigenvalue weighted by Gasteiger charge is 2.18. The van der Waals surface area contributed by atoms with E-state index in [1.165, 1.54) is 6.08 Å². The number of hydrogen-bond acceptors (Lipinski definition) is 3. The van der Waals surface area contributed by atoms with Gasteiger partial charge in [0.1, 0.15) is 0 Å². The minimum absolute atomic E-state index is 0.205. The SMILES string of the molecule is Cc1ccc(C(=O)[C@H](C)OC(=O)/C=C/c2ccc(Br)cc2)cc1C. The Bertz CT molecular complexity index is 776. The van der Waals surface area contributed by atoms with Gasteiger partial charge in [-0.3, -0.25) is 4.79 Å². The second kappa shape index (κ2) is 8.06. The molecule has 2 aromatic rings. The Balaban J connectivity index is 1.98. The summed E-state index contributed by atoms with van der Waals surface area (Å²) in [6.07, 6.45) is 2.16. The molecule has 1 atom stereocenters. The summed E-state index contributed by atoms with van der Waals surface area (Å²) in [4.78, 5) is 24.2. The van der Waals surface area contributed by atoms with Crippen LogP contribution in [0.2, 0.25) is 0 Å². The number of esters is 1.